The van der Waals surface area contributed by atoms with E-state index in [1.54, 1.807) is 0 Å². The first-order valence-corrected chi connectivity index (χ1v) is 22.2. The Morgan fingerprint density at radius 3 is 1.71 bits per heavy atom. The maximum absolute atomic E-state index is 7.07. The topological polar surface area (TPSA) is 31.4 Å². The molecule has 3 heteroatoms. The van der Waals surface area contributed by atoms with Crippen molar-refractivity contribution in [3.05, 3.63) is 259 Å². The standard InChI is InChI=1S/C62H39NO2/c1-4-16-40(17-5-1)46-36-56(63-57(37-46)45-32-33-50-43(35-45)31-30-41-18-10-11-25-49(41)50)44-20-14-19-42(34-44)51-27-15-29-58-61(51)65-60-39-55-53(38-59(60)64-58)52-26-12-13-28-54(52)62(55,47-21-6-2-7-22-47)48-23-8-3-9-24-48/h1-39H. The van der Waals surface area contributed by atoms with E-state index in [0.29, 0.717) is 23.0 Å². The molecule has 0 spiro atoms. The van der Waals surface area contributed by atoms with Gasteiger partial charge in [0.1, 0.15) is 0 Å². The van der Waals surface area contributed by atoms with Gasteiger partial charge in [-0.3, -0.25) is 0 Å². The van der Waals surface area contributed by atoms with Crippen LogP contribution in [0.2, 0.25) is 0 Å². The summed E-state index contributed by atoms with van der Waals surface area (Å²) in [5, 5.41) is 4.92. The Morgan fingerprint density at radius 2 is 0.908 bits per heavy atom. The molecule has 3 nitrogen and oxygen atoms in total. The van der Waals surface area contributed by atoms with E-state index in [-0.39, 0.29) is 0 Å². The van der Waals surface area contributed by atoms with E-state index in [1.165, 1.54) is 49.4 Å². The lowest BCUT2D eigenvalue weighted by Gasteiger charge is -2.34. The maximum atomic E-state index is 7.07. The van der Waals surface area contributed by atoms with Crippen molar-refractivity contribution < 1.29 is 9.47 Å². The van der Waals surface area contributed by atoms with Gasteiger partial charge in [-0.1, -0.05) is 194 Å². The van der Waals surface area contributed by atoms with Crippen molar-refractivity contribution in [1.29, 1.82) is 0 Å². The van der Waals surface area contributed by atoms with E-state index in [9.17, 15) is 0 Å². The number of hydrogen-bond donors (Lipinski definition) is 0. The zero-order chi connectivity index (χ0) is 42.9. The zero-order valence-corrected chi connectivity index (χ0v) is 35.3. The summed E-state index contributed by atoms with van der Waals surface area (Å²) in [4.78, 5) is 5.38. The molecule has 0 fully saturated rings. The number of ether oxygens (including phenoxy) is 2. The highest BCUT2D eigenvalue weighted by Gasteiger charge is 2.47. The van der Waals surface area contributed by atoms with Gasteiger partial charge in [-0.2, -0.15) is 0 Å². The van der Waals surface area contributed by atoms with Crippen molar-refractivity contribution in [2.24, 2.45) is 0 Å². The molecular weight excluding hydrogens is 791 g/mol. The number of fused-ring (bicyclic) bond motifs is 8. The summed E-state index contributed by atoms with van der Waals surface area (Å²) in [6, 6.07) is 84.3. The van der Waals surface area contributed by atoms with Crippen LogP contribution >= 0.6 is 0 Å². The van der Waals surface area contributed by atoms with Crippen LogP contribution in [0, 0.1) is 0 Å². The highest BCUT2D eigenvalue weighted by molar-refractivity contribution is 6.08. The summed E-state index contributed by atoms with van der Waals surface area (Å²) in [6.45, 7) is 0. The Balaban J connectivity index is 0.920. The molecule has 0 atom stereocenters. The molecule has 304 valence electrons. The smallest absolute Gasteiger partial charge is 0.177 e. The van der Waals surface area contributed by atoms with Crippen molar-refractivity contribution in [2.45, 2.75) is 5.41 Å². The van der Waals surface area contributed by atoms with E-state index >= 15 is 0 Å². The molecule has 0 radical (unpaired) electrons. The van der Waals surface area contributed by atoms with Crippen LogP contribution in [-0.2, 0) is 5.41 Å². The number of pyridine rings is 1. The lowest BCUT2D eigenvalue weighted by molar-refractivity contribution is 0.360. The second-order valence-electron chi connectivity index (χ2n) is 17.0. The number of aromatic nitrogens is 1. The fourth-order valence-electron chi connectivity index (χ4n) is 10.4. The minimum absolute atomic E-state index is 0.553. The van der Waals surface area contributed by atoms with Crippen LogP contribution in [0.3, 0.4) is 0 Å². The third kappa shape index (κ3) is 5.93. The summed E-state index contributed by atoms with van der Waals surface area (Å²) in [7, 11) is 0. The second kappa shape index (κ2) is 14.8. The van der Waals surface area contributed by atoms with E-state index < -0.39 is 5.41 Å². The molecule has 65 heavy (non-hydrogen) atoms. The number of para-hydroxylation sites is 1. The summed E-state index contributed by atoms with van der Waals surface area (Å²) in [5.41, 5.74) is 14.7. The molecule has 2 heterocycles. The Hall–Kier alpha value is -8.53. The fraction of sp³-hybridized carbons (Fsp3) is 0.0161. The number of rotatable bonds is 6. The van der Waals surface area contributed by atoms with E-state index in [0.717, 1.165) is 50.3 Å². The van der Waals surface area contributed by atoms with Gasteiger partial charge < -0.3 is 9.47 Å². The zero-order valence-electron chi connectivity index (χ0n) is 35.3. The fourth-order valence-corrected chi connectivity index (χ4v) is 10.4. The van der Waals surface area contributed by atoms with Gasteiger partial charge in [0.05, 0.1) is 16.8 Å². The molecule has 0 saturated carbocycles. The lowest BCUT2D eigenvalue weighted by atomic mass is 9.67. The molecule has 0 N–H and O–H groups in total. The molecule has 0 bridgehead atoms. The molecule has 1 aliphatic carbocycles. The van der Waals surface area contributed by atoms with Crippen LogP contribution in [0.5, 0.6) is 23.0 Å². The maximum Gasteiger partial charge on any atom is 0.177 e. The molecular formula is C62H39NO2. The molecule has 0 unspecified atom stereocenters. The van der Waals surface area contributed by atoms with Crippen molar-refractivity contribution in [2.75, 3.05) is 0 Å². The third-order valence-corrected chi connectivity index (χ3v) is 13.4. The number of benzene rings is 10. The molecule has 13 rings (SSSR count). The molecule has 1 aliphatic heterocycles. The van der Waals surface area contributed by atoms with Crippen LogP contribution in [-0.4, -0.2) is 4.98 Å². The molecule has 11 aromatic rings. The Morgan fingerprint density at radius 1 is 0.308 bits per heavy atom. The van der Waals surface area contributed by atoms with Gasteiger partial charge in [0.2, 0.25) is 0 Å². The van der Waals surface area contributed by atoms with Gasteiger partial charge in [-0.25, -0.2) is 4.98 Å². The Bertz CT molecular complexity index is 3610. The van der Waals surface area contributed by atoms with Gasteiger partial charge in [0.25, 0.3) is 0 Å². The number of hydrogen-bond acceptors (Lipinski definition) is 3. The van der Waals surface area contributed by atoms with Crippen LogP contribution in [0.1, 0.15) is 22.3 Å². The van der Waals surface area contributed by atoms with Crippen LogP contribution in [0.15, 0.2) is 237 Å². The highest BCUT2D eigenvalue weighted by atomic mass is 16.6. The van der Waals surface area contributed by atoms with Crippen LogP contribution in [0.25, 0.3) is 77.4 Å². The predicted octanol–water partition coefficient (Wildman–Crippen LogP) is 16.3. The largest absolute Gasteiger partial charge is 0.449 e. The average Bonchev–Trinajstić information content (AvgIpc) is 3.67. The SMILES string of the molecule is c1ccc(-c2cc(-c3cccc(-c4cccc5c4Oc4cc6c(cc4O5)-c4ccccc4C6(c4ccccc4)c4ccccc4)c3)nc(-c3ccc4c(ccc5ccccc54)c3)c2)cc1. The van der Waals surface area contributed by atoms with Gasteiger partial charge in [0, 0.05) is 16.7 Å². The van der Waals surface area contributed by atoms with E-state index in [1.807, 2.05) is 12.1 Å². The summed E-state index contributed by atoms with van der Waals surface area (Å²) in [5.74, 6) is 2.76. The Labute approximate surface area is 377 Å². The van der Waals surface area contributed by atoms with Gasteiger partial charge in [0.15, 0.2) is 23.0 Å². The minimum Gasteiger partial charge on any atom is -0.449 e. The molecule has 0 amide bonds. The van der Waals surface area contributed by atoms with Crippen LogP contribution in [0.4, 0.5) is 0 Å². The van der Waals surface area contributed by atoms with Gasteiger partial charge in [-0.05, 0) is 114 Å². The molecule has 1 aromatic heterocycles. The van der Waals surface area contributed by atoms with Crippen molar-refractivity contribution in [3.8, 4) is 78.9 Å². The van der Waals surface area contributed by atoms with E-state index in [4.69, 9.17) is 14.5 Å². The third-order valence-electron chi connectivity index (χ3n) is 13.4. The monoisotopic (exact) mass is 829 g/mol. The minimum atomic E-state index is -0.553. The Kier molecular flexibility index (Phi) is 8.44. The summed E-state index contributed by atoms with van der Waals surface area (Å²) >= 11 is 0. The first kappa shape index (κ1) is 37.1. The number of nitrogens with zero attached hydrogens (tertiary/aromatic N) is 1. The average molecular weight is 830 g/mol. The summed E-state index contributed by atoms with van der Waals surface area (Å²) in [6.07, 6.45) is 0. The summed E-state index contributed by atoms with van der Waals surface area (Å²) < 4.78 is 13.9. The molecule has 10 aromatic carbocycles. The first-order chi connectivity index (χ1) is 32.2. The second-order valence-corrected chi connectivity index (χ2v) is 17.0. The van der Waals surface area contributed by atoms with E-state index in [2.05, 4.69) is 224 Å². The predicted molar refractivity (Wildman–Crippen MR) is 265 cm³/mol. The van der Waals surface area contributed by atoms with Crippen molar-refractivity contribution in [3.63, 3.8) is 0 Å². The molecule has 0 saturated heterocycles. The van der Waals surface area contributed by atoms with Gasteiger partial charge in [-0.15, -0.1) is 0 Å². The van der Waals surface area contributed by atoms with Crippen molar-refractivity contribution >= 4 is 21.5 Å². The quantitative estimate of drug-likeness (QED) is 0.156. The molecule has 2 aliphatic rings. The van der Waals surface area contributed by atoms with Crippen molar-refractivity contribution in [1.82, 2.24) is 4.98 Å². The first-order valence-electron chi connectivity index (χ1n) is 22.2. The normalized spacial score (nSPS) is 13.0. The lowest BCUT2D eigenvalue weighted by Crippen LogP contribution is -2.28. The van der Waals surface area contributed by atoms with Crippen LogP contribution < -0.4 is 9.47 Å². The van der Waals surface area contributed by atoms with Gasteiger partial charge >= 0.3 is 0 Å². The highest BCUT2D eigenvalue weighted by Crippen LogP contribution is 2.60.